The van der Waals surface area contributed by atoms with Gasteiger partial charge in [0.2, 0.25) is 0 Å². The van der Waals surface area contributed by atoms with Crippen LogP contribution in [-0.4, -0.2) is 54.5 Å². The van der Waals surface area contributed by atoms with Gasteiger partial charge in [-0.05, 0) is 75.0 Å². The van der Waals surface area contributed by atoms with Crippen molar-refractivity contribution in [3.63, 3.8) is 0 Å². The van der Waals surface area contributed by atoms with Crippen molar-refractivity contribution in [1.29, 1.82) is 0 Å². The molecule has 2 saturated heterocycles. The predicted octanol–water partition coefficient (Wildman–Crippen LogP) is 5.87. The molecule has 5 nitrogen and oxygen atoms in total. The summed E-state index contributed by atoms with van der Waals surface area (Å²) in [4.78, 5) is 20.1. The van der Waals surface area contributed by atoms with E-state index in [1.807, 2.05) is 49.5 Å². The molecule has 2 unspecified atom stereocenters. The predicted molar refractivity (Wildman–Crippen MR) is 140 cm³/mol. The molecule has 2 fully saturated rings. The number of nitrogens with zero attached hydrogens (tertiary/aromatic N) is 3. The zero-order valence-corrected chi connectivity index (χ0v) is 20.6. The van der Waals surface area contributed by atoms with Crippen LogP contribution in [0.25, 0.3) is 0 Å². The highest BCUT2D eigenvalue weighted by molar-refractivity contribution is 5.96. The van der Waals surface area contributed by atoms with Gasteiger partial charge in [-0.15, -0.1) is 0 Å². The van der Waals surface area contributed by atoms with Gasteiger partial charge in [-0.3, -0.25) is 4.79 Å². The van der Waals surface area contributed by atoms with E-state index in [1.165, 1.54) is 18.4 Å². The summed E-state index contributed by atoms with van der Waals surface area (Å²) in [5.74, 6) is 1.67. The number of rotatable bonds is 5. The second-order valence-electron chi connectivity index (χ2n) is 10.3. The number of carbonyl (C=O) groups excluding carboxylic acids is 1. The van der Waals surface area contributed by atoms with Gasteiger partial charge in [-0.2, -0.15) is 0 Å². The van der Waals surface area contributed by atoms with Crippen LogP contribution in [0.3, 0.4) is 0 Å². The molecule has 0 aromatic heterocycles. The molecule has 0 spiro atoms. The number of piperidine rings is 1. The molecule has 35 heavy (non-hydrogen) atoms. The van der Waals surface area contributed by atoms with E-state index in [0.29, 0.717) is 30.2 Å². The van der Waals surface area contributed by atoms with E-state index in [1.54, 1.807) is 4.90 Å². The summed E-state index contributed by atoms with van der Waals surface area (Å²) in [6, 6.07) is 26.3. The van der Waals surface area contributed by atoms with Gasteiger partial charge in [0.15, 0.2) is 11.5 Å². The maximum Gasteiger partial charge on any atom is 0.253 e. The van der Waals surface area contributed by atoms with E-state index in [9.17, 15) is 4.79 Å². The molecule has 2 atom stereocenters. The Hall–Kier alpha value is -3.31. The van der Waals surface area contributed by atoms with E-state index < -0.39 is 0 Å². The number of ether oxygens (including phenoxy) is 1. The van der Waals surface area contributed by atoms with Gasteiger partial charge in [0.25, 0.3) is 5.91 Å². The lowest BCUT2D eigenvalue weighted by Crippen LogP contribution is -2.48. The molecule has 6 rings (SSSR count). The smallest absolute Gasteiger partial charge is 0.253 e. The van der Waals surface area contributed by atoms with Crippen molar-refractivity contribution < 1.29 is 9.53 Å². The van der Waals surface area contributed by atoms with Crippen LogP contribution in [0.2, 0.25) is 0 Å². The number of carbonyl (C=O) groups is 1. The van der Waals surface area contributed by atoms with Crippen molar-refractivity contribution >= 4 is 17.3 Å². The van der Waals surface area contributed by atoms with Gasteiger partial charge in [0, 0.05) is 37.3 Å². The Morgan fingerprint density at radius 1 is 0.886 bits per heavy atom. The summed E-state index contributed by atoms with van der Waals surface area (Å²) in [7, 11) is 4.16. The highest BCUT2D eigenvalue weighted by atomic mass is 16.5. The van der Waals surface area contributed by atoms with Gasteiger partial charge in [-0.1, -0.05) is 42.5 Å². The number of para-hydroxylation sites is 2. The summed E-state index contributed by atoms with van der Waals surface area (Å²) >= 11 is 0. The van der Waals surface area contributed by atoms with Crippen LogP contribution in [-0.2, 0) is 6.42 Å². The van der Waals surface area contributed by atoms with Gasteiger partial charge >= 0.3 is 0 Å². The molecular weight excluding hydrogens is 434 g/mol. The molecule has 0 saturated carbocycles. The molecule has 3 aliphatic heterocycles. The highest BCUT2D eigenvalue weighted by Crippen LogP contribution is 2.50. The molecule has 3 aromatic carbocycles. The third-order valence-electron chi connectivity index (χ3n) is 8.17. The van der Waals surface area contributed by atoms with Crippen molar-refractivity contribution in [2.24, 2.45) is 0 Å². The number of hydrogen-bond donors (Lipinski definition) is 0. The SMILES string of the molecule is CN(CCc1ccccc1)C(=O)c1ccc2c(c1)Oc1ccccc1N2C1CC2CCC(C1)N2C. The molecule has 3 aromatic rings. The number of fused-ring (bicyclic) bond motifs is 4. The third-order valence-corrected chi connectivity index (χ3v) is 8.17. The fraction of sp³-hybridized carbons (Fsp3) is 0.367. The topological polar surface area (TPSA) is 36.0 Å². The number of hydrogen-bond acceptors (Lipinski definition) is 4. The Balaban J connectivity index is 1.27. The third kappa shape index (κ3) is 4.08. The van der Waals surface area contributed by atoms with E-state index in [-0.39, 0.29) is 5.91 Å². The van der Waals surface area contributed by atoms with E-state index >= 15 is 0 Å². The minimum atomic E-state index is 0.0232. The quantitative estimate of drug-likeness (QED) is 0.470. The maximum atomic E-state index is 13.3. The van der Waals surface area contributed by atoms with Crippen molar-refractivity contribution in [2.75, 3.05) is 25.5 Å². The number of benzene rings is 3. The molecule has 0 aliphatic carbocycles. The van der Waals surface area contributed by atoms with Gasteiger partial charge in [-0.25, -0.2) is 0 Å². The molecular formula is C30H33N3O2. The van der Waals surface area contributed by atoms with Crippen molar-refractivity contribution in [3.05, 3.63) is 83.9 Å². The van der Waals surface area contributed by atoms with E-state index in [4.69, 9.17) is 4.74 Å². The molecule has 3 heterocycles. The second kappa shape index (κ2) is 9.04. The largest absolute Gasteiger partial charge is 0.453 e. The van der Waals surface area contributed by atoms with Crippen molar-refractivity contribution in [3.8, 4) is 11.5 Å². The molecule has 180 valence electrons. The second-order valence-corrected chi connectivity index (χ2v) is 10.3. The highest BCUT2D eigenvalue weighted by Gasteiger charge is 2.42. The summed E-state index contributed by atoms with van der Waals surface area (Å²) < 4.78 is 6.37. The number of amides is 1. The van der Waals surface area contributed by atoms with E-state index in [0.717, 1.165) is 42.1 Å². The van der Waals surface area contributed by atoms with Crippen LogP contribution in [0.1, 0.15) is 41.6 Å². The maximum absolute atomic E-state index is 13.3. The Morgan fingerprint density at radius 2 is 1.57 bits per heavy atom. The molecule has 1 amide bonds. The van der Waals surface area contributed by atoms with Crippen molar-refractivity contribution in [1.82, 2.24) is 9.80 Å². The summed E-state index contributed by atoms with van der Waals surface area (Å²) in [6.07, 6.45) is 5.73. The number of anilines is 2. The van der Waals surface area contributed by atoms with Crippen LogP contribution >= 0.6 is 0 Å². The lowest BCUT2D eigenvalue weighted by molar-refractivity contribution is 0.0796. The molecule has 3 aliphatic rings. The number of likely N-dealkylation sites (N-methyl/N-ethyl adjacent to an activating group) is 1. The average molecular weight is 468 g/mol. The summed E-state index contributed by atoms with van der Waals surface area (Å²) in [6.45, 7) is 0.675. The van der Waals surface area contributed by atoms with Gasteiger partial charge in [0.05, 0.1) is 11.4 Å². The molecule has 2 bridgehead atoms. The fourth-order valence-corrected chi connectivity index (χ4v) is 6.17. The first-order valence-corrected chi connectivity index (χ1v) is 12.8. The Morgan fingerprint density at radius 3 is 2.34 bits per heavy atom. The fourth-order valence-electron chi connectivity index (χ4n) is 6.17. The molecule has 0 radical (unpaired) electrons. The standard InChI is InChI=1S/C30H33N3O2/c1-31(17-16-21-8-4-3-5-9-21)30(34)22-12-15-27-29(18-22)35-28-11-7-6-10-26(28)33(27)25-19-23-13-14-24(20-25)32(23)2/h3-12,15,18,23-25H,13-14,16-17,19-20H2,1-2H3. The normalized spacial score (nSPS) is 22.8. The minimum Gasteiger partial charge on any atom is -0.453 e. The van der Waals surface area contributed by atoms with E-state index in [2.05, 4.69) is 47.2 Å². The lowest BCUT2D eigenvalue weighted by Gasteiger charge is -2.45. The lowest BCUT2D eigenvalue weighted by atomic mass is 9.94. The zero-order valence-electron chi connectivity index (χ0n) is 20.6. The minimum absolute atomic E-state index is 0.0232. The van der Waals surface area contributed by atoms with Crippen molar-refractivity contribution in [2.45, 2.75) is 50.2 Å². The summed E-state index contributed by atoms with van der Waals surface area (Å²) in [5.41, 5.74) is 4.11. The van der Waals surface area contributed by atoms with Crippen LogP contribution in [0, 0.1) is 0 Å². The Kier molecular flexibility index (Phi) is 5.73. The van der Waals surface area contributed by atoms with Gasteiger partial charge in [0.1, 0.15) is 0 Å². The first kappa shape index (κ1) is 22.2. The Labute approximate surface area is 207 Å². The summed E-state index contributed by atoms with van der Waals surface area (Å²) in [5, 5.41) is 0. The first-order chi connectivity index (χ1) is 17.1. The van der Waals surface area contributed by atoms with Crippen LogP contribution < -0.4 is 9.64 Å². The average Bonchev–Trinajstić information content (AvgIpc) is 3.09. The molecule has 5 heteroatoms. The van der Waals surface area contributed by atoms with Crippen LogP contribution in [0.5, 0.6) is 11.5 Å². The Bertz CT molecular complexity index is 1210. The van der Waals surface area contributed by atoms with Crippen LogP contribution in [0.4, 0.5) is 11.4 Å². The van der Waals surface area contributed by atoms with Crippen LogP contribution in [0.15, 0.2) is 72.8 Å². The van der Waals surface area contributed by atoms with Gasteiger partial charge < -0.3 is 19.4 Å². The zero-order chi connectivity index (χ0) is 23.9. The monoisotopic (exact) mass is 467 g/mol. The first-order valence-electron chi connectivity index (χ1n) is 12.8. The molecule has 0 N–H and O–H groups in total.